The summed E-state index contributed by atoms with van der Waals surface area (Å²) in [5, 5.41) is 10.8. The summed E-state index contributed by atoms with van der Waals surface area (Å²) in [5.41, 5.74) is 0. The lowest BCUT2D eigenvalue weighted by molar-refractivity contribution is -0.226. The average molecular weight is 371 g/mol. The van der Waals surface area contributed by atoms with Crippen molar-refractivity contribution < 1.29 is 28.2 Å². The van der Waals surface area contributed by atoms with Gasteiger partial charge in [0.25, 0.3) is 0 Å². The third kappa shape index (κ3) is 3.58. The van der Waals surface area contributed by atoms with Gasteiger partial charge in [0.05, 0.1) is 6.26 Å². The smallest absolute Gasteiger partial charge is 0.193 e. The van der Waals surface area contributed by atoms with Gasteiger partial charge in [0, 0.05) is 0 Å². The third-order valence-electron chi connectivity index (χ3n) is 5.40. The predicted molar refractivity (Wildman–Crippen MR) is 94.4 cm³/mol. The summed E-state index contributed by atoms with van der Waals surface area (Å²) < 4.78 is 29.8. The van der Waals surface area contributed by atoms with E-state index in [9.17, 15) is 5.11 Å². The van der Waals surface area contributed by atoms with Gasteiger partial charge in [-0.15, -0.1) is 0 Å². The second kappa shape index (κ2) is 6.18. The Morgan fingerprint density at radius 1 is 1.24 bits per heavy atom. The van der Waals surface area contributed by atoms with Crippen LogP contribution in [0.2, 0.25) is 18.1 Å². The van der Waals surface area contributed by atoms with Gasteiger partial charge in [-0.1, -0.05) is 20.8 Å². The predicted octanol–water partition coefficient (Wildman–Crippen LogP) is 3.58. The fourth-order valence-corrected chi connectivity index (χ4v) is 4.24. The molecule has 1 aromatic rings. The molecule has 0 unspecified atom stereocenters. The minimum Gasteiger partial charge on any atom is -0.467 e. The Bertz CT molecular complexity index is 591. The molecule has 2 aliphatic rings. The summed E-state index contributed by atoms with van der Waals surface area (Å²) in [7, 11) is -2.12. The fraction of sp³-hybridized carbons (Fsp3) is 0.778. The van der Waals surface area contributed by atoms with Crippen molar-refractivity contribution in [3.63, 3.8) is 0 Å². The van der Waals surface area contributed by atoms with Crippen molar-refractivity contribution in [2.24, 2.45) is 0 Å². The van der Waals surface area contributed by atoms with E-state index in [0.717, 1.165) is 0 Å². The summed E-state index contributed by atoms with van der Waals surface area (Å²) >= 11 is 0. The van der Waals surface area contributed by atoms with Crippen LogP contribution < -0.4 is 0 Å². The molecule has 0 aromatic carbocycles. The van der Waals surface area contributed by atoms with Gasteiger partial charge >= 0.3 is 0 Å². The Labute approximate surface area is 150 Å². The summed E-state index contributed by atoms with van der Waals surface area (Å²) in [6.45, 7) is 14.5. The van der Waals surface area contributed by atoms with Gasteiger partial charge in [0.15, 0.2) is 20.4 Å². The van der Waals surface area contributed by atoms with Crippen molar-refractivity contribution in [3.8, 4) is 0 Å². The van der Waals surface area contributed by atoms with Crippen LogP contribution in [-0.4, -0.2) is 43.8 Å². The van der Waals surface area contributed by atoms with Crippen molar-refractivity contribution in [1.82, 2.24) is 0 Å². The number of hydrogen-bond donors (Lipinski definition) is 1. The highest BCUT2D eigenvalue weighted by Gasteiger charge is 2.57. The summed E-state index contributed by atoms with van der Waals surface area (Å²) in [6, 6.07) is 3.67. The lowest BCUT2D eigenvalue weighted by atomic mass is 10.0. The normalized spacial score (nSPS) is 33.4. The topological polar surface area (TPSA) is 70.3 Å². The molecule has 0 bridgehead atoms. The number of aliphatic hydroxyl groups excluding tert-OH is 1. The molecule has 2 aliphatic heterocycles. The summed E-state index contributed by atoms with van der Waals surface area (Å²) in [5.74, 6) is -0.116. The van der Waals surface area contributed by atoms with Crippen LogP contribution in [0.3, 0.4) is 0 Å². The second-order valence-corrected chi connectivity index (χ2v) is 13.6. The highest BCUT2D eigenvalue weighted by molar-refractivity contribution is 6.74. The Kier molecular flexibility index (Phi) is 4.71. The van der Waals surface area contributed by atoms with Gasteiger partial charge in [-0.25, -0.2) is 0 Å². The molecule has 0 spiro atoms. The molecule has 0 amide bonds. The first kappa shape index (κ1) is 19.1. The molecule has 3 rings (SSSR count). The van der Waals surface area contributed by atoms with Crippen LogP contribution >= 0.6 is 0 Å². The molecule has 6 nitrogen and oxygen atoms in total. The second-order valence-electron chi connectivity index (χ2n) is 8.87. The molecule has 7 heteroatoms. The van der Waals surface area contributed by atoms with Crippen molar-refractivity contribution >= 4 is 8.32 Å². The molecular weight excluding hydrogens is 340 g/mol. The van der Waals surface area contributed by atoms with Gasteiger partial charge < -0.3 is 28.2 Å². The molecule has 0 saturated carbocycles. The zero-order chi connectivity index (χ0) is 18.6. The first-order valence-electron chi connectivity index (χ1n) is 8.82. The fourth-order valence-electron chi connectivity index (χ4n) is 3.00. The molecule has 0 radical (unpaired) electrons. The van der Waals surface area contributed by atoms with Gasteiger partial charge in [-0.3, -0.25) is 0 Å². The molecule has 0 aliphatic carbocycles. The van der Waals surface area contributed by atoms with Crippen molar-refractivity contribution in [2.45, 2.75) is 89.2 Å². The number of aliphatic hydroxyl groups is 1. The molecule has 2 saturated heterocycles. The minimum absolute atomic E-state index is 0.0201. The summed E-state index contributed by atoms with van der Waals surface area (Å²) in [4.78, 5) is 0. The number of furan rings is 1. The molecule has 1 aromatic heterocycles. The molecule has 5 atom stereocenters. The van der Waals surface area contributed by atoms with E-state index < -0.39 is 44.8 Å². The minimum atomic E-state index is -2.12. The maximum Gasteiger partial charge on any atom is 0.193 e. The largest absolute Gasteiger partial charge is 0.467 e. The quantitative estimate of drug-likeness (QED) is 0.817. The van der Waals surface area contributed by atoms with E-state index in [0.29, 0.717) is 5.76 Å². The van der Waals surface area contributed by atoms with Crippen LogP contribution in [0.5, 0.6) is 0 Å². The molecule has 25 heavy (non-hydrogen) atoms. The number of fused-ring (bicyclic) bond motifs is 1. The monoisotopic (exact) mass is 370 g/mol. The maximum absolute atomic E-state index is 10.8. The average Bonchev–Trinajstić information content (AvgIpc) is 3.13. The Morgan fingerprint density at radius 3 is 2.44 bits per heavy atom. The first-order valence-corrected chi connectivity index (χ1v) is 11.7. The van der Waals surface area contributed by atoms with Crippen LogP contribution in [0, 0.1) is 0 Å². The van der Waals surface area contributed by atoms with Crippen LogP contribution in [0.15, 0.2) is 22.8 Å². The van der Waals surface area contributed by atoms with E-state index in [4.69, 9.17) is 23.1 Å². The standard InChI is InChI=1S/C18H30O6Si/c1-17(2,3)25(6,7)24-13(11-9-8-10-20-11)14-12(19)15-16(21-14)23-18(4,5)22-15/h8-10,12-16,19H,1-7H3/t12-,13-,14-,15+,16+/m0/s1. The highest BCUT2D eigenvalue weighted by atomic mass is 28.4. The van der Waals surface area contributed by atoms with Crippen LogP contribution in [0.1, 0.15) is 46.5 Å². The SMILES string of the molecule is CC1(C)O[C@H]2O[C@H]([C@@H](O[Si](C)(C)C(C)(C)C)c3ccco3)[C@H](O)[C@H]2O1. The molecular formula is C18H30O6Si. The number of hydrogen-bond acceptors (Lipinski definition) is 6. The van der Waals surface area contributed by atoms with Crippen molar-refractivity contribution in [1.29, 1.82) is 0 Å². The molecule has 2 fully saturated rings. The first-order chi connectivity index (χ1) is 11.4. The van der Waals surface area contributed by atoms with Gasteiger partial charge in [-0.05, 0) is 44.1 Å². The van der Waals surface area contributed by atoms with Gasteiger partial charge in [0.1, 0.15) is 30.2 Å². The summed E-state index contributed by atoms with van der Waals surface area (Å²) in [6.07, 6.45) is -1.49. The van der Waals surface area contributed by atoms with Crippen LogP contribution in [0.25, 0.3) is 0 Å². The molecule has 142 valence electrons. The molecule has 3 heterocycles. The highest BCUT2D eigenvalue weighted by Crippen LogP contribution is 2.46. The van der Waals surface area contributed by atoms with E-state index in [2.05, 4.69) is 33.9 Å². The number of rotatable bonds is 4. The van der Waals surface area contributed by atoms with E-state index in [-0.39, 0.29) is 5.04 Å². The maximum atomic E-state index is 10.8. The van der Waals surface area contributed by atoms with E-state index in [1.54, 1.807) is 6.26 Å². The van der Waals surface area contributed by atoms with E-state index in [1.165, 1.54) is 0 Å². The number of ether oxygens (including phenoxy) is 3. The van der Waals surface area contributed by atoms with E-state index >= 15 is 0 Å². The lowest BCUT2D eigenvalue weighted by Crippen LogP contribution is -2.46. The van der Waals surface area contributed by atoms with Crippen LogP contribution in [-0.2, 0) is 18.6 Å². The lowest BCUT2D eigenvalue weighted by Gasteiger charge is -2.40. The zero-order valence-electron chi connectivity index (χ0n) is 16.1. The zero-order valence-corrected chi connectivity index (χ0v) is 17.1. The Morgan fingerprint density at radius 2 is 1.92 bits per heavy atom. The molecule has 1 N–H and O–H groups in total. The van der Waals surface area contributed by atoms with Crippen molar-refractivity contribution in [2.75, 3.05) is 0 Å². The van der Waals surface area contributed by atoms with Gasteiger partial charge in [0.2, 0.25) is 0 Å². The van der Waals surface area contributed by atoms with Gasteiger partial charge in [-0.2, -0.15) is 0 Å². The Balaban J connectivity index is 1.85. The third-order valence-corrected chi connectivity index (χ3v) is 9.86. The Hall–Kier alpha value is -0.703. The van der Waals surface area contributed by atoms with Crippen molar-refractivity contribution in [3.05, 3.63) is 24.2 Å². The van der Waals surface area contributed by atoms with Crippen LogP contribution in [0.4, 0.5) is 0 Å². The van der Waals surface area contributed by atoms with E-state index in [1.807, 2.05) is 26.0 Å².